The largest absolute Gasteiger partial charge is 0.508 e. The molecule has 0 saturated heterocycles. The first-order valence-electron chi connectivity index (χ1n) is 7.81. The van der Waals surface area contributed by atoms with Crippen LogP contribution in [0.15, 0.2) is 54.6 Å². The van der Waals surface area contributed by atoms with Crippen LogP contribution in [0.1, 0.15) is 23.6 Å². The van der Waals surface area contributed by atoms with E-state index >= 15 is 0 Å². The van der Waals surface area contributed by atoms with E-state index in [-0.39, 0.29) is 24.1 Å². The van der Waals surface area contributed by atoms with Crippen LogP contribution in [0.2, 0.25) is 0 Å². The monoisotopic (exact) mass is 312 g/mol. The van der Waals surface area contributed by atoms with E-state index in [4.69, 9.17) is 0 Å². The zero-order valence-electron chi connectivity index (χ0n) is 13.7. The summed E-state index contributed by atoms with van der Waals surface area (Å²) in [6.45, 7) is 0.895. The van der Waals surface area contributed by atoms with Crippen LogP contribution in [0.4, 0.5) is 0 Å². The number of phenols is 1. The lowest BCUT2D eigenvalue weighted by atomic mass is 10.0. The Kier molecular flexibility index (Phi) is 6.18. The number of aromatic hydroxyl groups is 1. The van der Waals surface area contributed by atoms with Gasteiger partial charge < -0.3 is 15.3 Å². The van der Waals surface area contributed by atoms with Crippen molar-refractivity contribution in [2.24, 2.45) is 0 Å². The van der Waals surface area contributed by atoms with E-state index in [1.165, 1.54) is 0 Å². The summed E-state index contributed by atoms with van der Waals surface area (Å²) in [4.78, 5) is 14.5. The van der Waals surface area contributed by atoms with Crippen LogP contribution < -0.4 is 5.32 Å². The van der Waals surface area contributed by atoms with Gasteiger partial charge in [0.15, 0.2) is 0 Å². The second-order valence-electron chi connectivity index (χ2n) is 5.97. The van der Waals surface area contributed by atoms with Gasteiger partial charge in [-0.05, 0) is 50.3 Å². The molecule has 4 heteroatoms. The van der Waals surface area contributed by atoms with Crippen molar-refractivity contribution in [1.82, 2.24) is 10.2 Å². The maximum atomic E-state index is 12.3. The Morgan fingerprint density at radius 2 is 1.87 bits per heavy atom. The Morgan fingerprint density at radius 1 is 1.13 bits per heavy atom. The number of carbonyl (C=O) groups excluding carboxylic acids is 1. The fraction of sp³-hybridized carbons (Fsp3) is 0.316. The van der Waals surface area contributed by atoms with Gasteiger partial charge >= 0.3 is 0 Å². The van der Waals surface area contributed by atoms with E-state index in [9.17, 15) is 9.90 Å². The van der Waals surface area contributed by atoms with Crippen LogP contribution in [0, 0.1) is 0 Å². The lowest BCUT2D eigenvalue weighted by molar-refractivity contribution is -0.121. The van der Waals surface area contributed by atoms with E-state index in [1.807, 2.05) is 50.5 Å². The molecule has 0 saturated carbocycles. The predicted molar refractivity (Wildman–Crippen MR) is 92.3 cm³/mol. The molecular weight excluding hydrogens is 288 g/mol. The standard InChI is InChI=1S/C19H24N2O2/c1-21(2)12-11-18(16-8-4-3-5-9-16)20-19(23)14-15-7-6-10-17(22)13-15/h3-10,13,18,22H,11-12,14H2,1-2H3,(H,20,23). The average molecular weight is 312 g/mol. The number of benzene rings is 2. The molecule has 4 nitrogen and oxygen atoms in total. The predicted octanol–water partition coefficient (Wildman–Crippen LogP) is 2.74. The highest BCUT2D eigenvalue weighted by atomic mass is 16.3. The molecule has 2 aromatic carbocycles. The van der Waals surface area contributed by atoms with Gasteiger partial charge in [-0.1, -0.05) is 42.5 Å². The van der Waals surface area contributed by atoms with Crippen LogP contribution in [-0.2, 0) is 11.2 Å². The van der Waals surface area contributed by atoms with Gasteiger partial charge in [0.25, 0.3) is 0 Å². The summed E-state index contributed by atoms with van der Waals surface area (Å²) in [5.41, 5.74) is 1.92. The second-order valence-corrected chi connectivity index (χ2v) is 5.97. The Hall–Kier alpha value is -2.33. The first kappa shape index (κ1) is 17.0. The quantitative estimate of drug-likeness (QED) is 0.826. The molecule has 0 spiro atoms. The first-order valence-corrected chi connectivity index (χ1v) is 7.81. The van der Waals surface area contributed by atoms with Crippen LogP contribution in [-0.4, -0.2) is 36.6 Å². The van der Waals surface area contributed by atoms with Gasteiger partial charge in [0.2, 0.25) is 5.91 Å². The van der Waals surface area contributed by atoms with Crippen molar-refractivity contribution in [3.8, 4) is 5.75 Å². The van der Waals surface area contributed by atoms with Gasteiger partial charge in [-0.3, -0.25) is 4.79 Å². The molecule has 0 aliphatic carbocycles. The molecule has 0 aliphatic heterocycles. The van der Waals surface area contributed by atoms with Gasteiger partial charge in [0.1, 0.15) is 5.75 Å². The Bertz CT molecular complexity index is 626. The van der Waals surface area contributed by atoms with Crippen molar-refractivity contribution >= 4 is 5.91 Å². The molecule has 1 unspecified atom stereocenters. The minimum Gasteiger partial charge on any atom is -0.508 e. The Labute approximate surface area is 137 Å². The van der Waals surface area contributed by atoms with Crippen molar-refractivity contribution in [3.05, 3.63) is 65.7 Å². The van der Waals surface area contributed by atoms with E-state index < -0.39 is 0 Å². The topological polar surface area (TPSA) is 52.6 Å². The Balaban J connectivity index is 2.03. The van der Waals surface area contributed by atoms with Crippen molar-refractivity contribution < 1.29 is 9.90 Å². The molecule has 2 aromatic rings. The van der Waals surface area contributed by atoms with Gasteiger partial charge in [-0.15, -0.1) is 0 Å². The van der Waals surface area contributed by atoms with E-state index in [0.29, 0.717) is 0 Å². The molecule has 1 atom stereocenters. The van der Waals surface area contributed by atoms with Crippen molar-refractivity contribution in [1.29, 1.82) is 0 Å². The summed E-state index contributed by atoms with van der Waals surface area (Å²) in [6.07, 6.45) is 1.11. The van der Waals surface area contributed by atoms with Gasteiger partial charge in [-0.2, -0.15) is 0 Å². The summed E-state index contributed by atoms with van der Waals surface area (Å²) < 4.78 is 0. The molecule has 0 bridgehead atoms. The summed E-state index contributed by atoms with van der Waals surface area (Å²) in [7, 11) is 4.05. The smallest absolute Gasteiger partial charge is 0.224 e. The third kappa shape index (κ3) is 5.75. The lowest BCUT2D eigenvalue weighted by Crippen LogP contribution is -2.32. The maximum Gasteiger partial charge on any atom is 0.224 e. The summed E-state index contributed by atoms with van der Waals surface area (Å²) >= 11 is 0. The molecular formula is C19H24N2O2. The molecule has 0 aromatic heterocycles. The van der Waals surface area contributed by atoms with Crippen molar-refractivity contribution in [3.63, 3.8) is 0 Å². The van der Waals surface area contributed by atoms with Crippen LogP contribution >= 0.6 is 0 Å². The fourth-order valence-corrected chi connectivity index (χ4v) is 2.49. The molecule has 2 N–H and O–H groups in total. The highest BCUT2D eigenvalue weighted by molar-refractivity contribution is 5.79. The SMILES string of the molecule is CN(C)CCC(NC(=O)Cc1cccc(O)c1)c1ccccc1. The summed E-state index contributed by atoms with van der Waals surface area (Å²) in [5.74, 6) is 0.144. The number of hydrogen-bond donors (Lipinski definition) is 2. The highest BCUT2D eigenvalue weighted by Gasteiger charge is 2.15. The molecule has 1 amide bonds. The normalized spacial score (nSPS) is 12.1. The summed E-state index contributed by atoms with van der Waals surface area (Å²) in [5, 5.41) is 12.6. The van der Waals surface area contributed by atoms with Gasteiger partial charge in [0, 0.05) is 0 Å². The molecule has 23 heavy (non-hydrogen) atoms. The maximum absolute atomic E-state index is 12.3. The highest BCUT2D eigenvalue weighted by Crippen LogP contribution is 2.17. The molecule has 122 valence electrons. The van der Waals surface area contributed by atoms with E-state index in [0.717, 1.165) is 24.1 Å². The Morgan fingerprint density at radius 3 is 2.52 bits per heavy atom. The van der Waals surface area contributed by atoms with Crippen molar-refractivity contribution in [2.45, 2.75) is 18.9 Å². The zero-order chi connectivity index (χ0) is 16.7. The van der Waals surface area contributed by atoms with Gasteiger partial charge in [0.05, 0.1) is 12.5 Å². The number of rotatable bonds is 7. The van der Waals surface area contributed by atoms with E-state index in [1.54, 1.807) is 18.2 Å². The zero-order valence-corrected chi connectivity index (χ0v) is 13.7. The summed E-state index contributed by atoms with van der Waals surface area (Å²) in [6, 6.07) is 16.8. The van der Waals surface area contributed by atoms with Crippen LogP contribution in [0.5, 0.6) is 5.75 Å². The first-order chi connectivity index (χ1) is 11.0. The molecule has 0 aliphatic rings. The third-order valence-electron chi connectivity index (χ3n) is 3.68. The van der Waals surface area contributed by atoms with Crippen molar-refractivity contribution in [2.75, 3.05) is 20.6 Å². The molecule has 0 fully saturated rings. The lowest BCUT2D eigenvalue weighted by Gasteiger charge is -2.21. The number of nitrogens with zero attached hydrogens (tertiary/aromatic N) is 1. The molecule has 0 radical (unpaired) electrons. The number of nitrogens with one attached hydrogen (secondary N) is 1. The molecule has 0 heterocycles. The number of amides is 1. The number of phenolic OH excluding ortho intramolecular Hbond substituents is 1. The van der Waals surface area contributed by atoms with Crippen LogP contribution in [0.3, 0.4) is 0 Å². The fourth-order valence-electron chi connectivity index (χ4n) is 2.49. The van der Waals surface area contributed by atoms with Gasteiger partial charge in [-0.25, -0.2) is 0 Å². The second kappa shape index (κ2) is 8.34. The molecule has 2 rings (SSSR count). The number of hydrogen-bond acceptors (Lipinski definition) is 3. The minimum atomic E-state index is -0.0387. The van der Waals surface area contributed by atoms with Crippen LogP contribution in [0.25, 0.3) is 0 Å². The number of carbonyl (C=O) groups is 1. The minimum absolute atomic E-state index is 0.0107. The average Bonchev–Trinajstić information content (AvgIpc) is 2.52. The van der Waals surface area contributed by atoms with E-state index in [2.05, 4.69) is 10.2 Å². The third-order valence-corrected chi connectivity index (χ3v) is 3.68.